The summed E-state index contributed by atoms with van der Waals surface area (Å²) in [6.07, 6.45) is 0.815. The summed E-state index contributed by atoms with van der Waals surface area (Å²) in [6, 6.07) is 13.0. The van der Waals surface area contributed by atoms with Crippen LogP contribution in [-0.4, -0.2) is 17.2 Å². The van der Waals surface area contributed by atoms with Crippen LogP contribution >= 0.6 is 0 Å². The van der Waals surface area contributed by atoms with Crippen molar-refractivity contribution in [3.63, 3.8) is 0 Å². The fourth-order valence-electron chi connectivity index (χ4n) is 2.74. The molecule has 22 heavy (non-hydrogen) atoms. The highest BCUT2D eigenvalue weighted by molar-refractivity contribution is 5.96. The van der Waals surface area contributed by atoms with Gasteiger partial charge in [0, 0.05) is 11.5 Å². The van der Waals surface area contributed by atoms with Crippen LogP contribution in [0.3, 0.4) is 0 Å². The van der Waals surface area contributed by atoms with Gasteiger partial charge in [-0.1, -0.05) is 6.92 Å². The lowest BCUT2D eigenvalue weighted by molar-refractivity contribution is 0.415. The van der Waals surface area contributed by atoms with E-state index < -0.39 is 0 Å². The second kappa shape index (κ2) is 5.45. The topological polar surface area (TPSA) is 69.0 Å². The molecule has 110 valence electrons. The van der Waals surface area contributed by atoms with Crippen molar-refractivity contribution in [3.8, 4) is 28.8 Å². The smallest absolute Gasteiger partial charge is 0.121 e. The second-order valence-electron chi connectivity index (χ2n) is 5.10. The Bertz CT molecular complexity index is 871. The van der Waals surface area contributed by atoms with Gasteiger partial charge in [0.1, 0.15) is 17.6 Å². The van der Waals surface area contributed by atoms with Gasteiger partial charge in [0.15, 0.2) is 0 Å². The molecule has 0 spiro atoms. The van der Waals surface area contributed by atoms with E-state index in [4.69, 9.17) is 4.74 Å². The summed E-state index contributed by atoms with van der Waals surface area (Å²) in [5, 5.41) is 20.0. The van der Waals surface area contributed by atoms with Crippen molar-refractivity contribution >= 4 is 10.9 Å². The first-order chi connectivity index (χ1) is 10.7. The third-order valence-electron chi connectivity index (χ3n) is 3.84. The number of phenolic OH excluding ortho intramolecular Hbond substituents is 1. The number of nitrogens with zero attached hydrogens (tertiary/aromatic N) is 1. The molecule has 0 saturated heterocycles. The van der Waals surface area contributed by atoms with Crippen LogP contribution in [0, 0.1) is 11.3 Å². The fourth-order valence-corrected chi connectivity index (χ4v) is 2.74. The Labute approximate surface area is 128 Å². The number of rotatable bonds is 3. The molecule has 0 aliphatic carbocycles. The van der Waals surface area contributed by atoms with Crippen LogP contribution in [-0.2, 0) is 6.42 Å². The van der Waals surface area contributed by atoms with Gasteiger partial charge >= 0.3 is 0 Å². The molecule has 0 saturated carbocycles. The van der Waals surface area contributed by atoms with Crippen LogP contribution in [0.2, 0.25) is 0 Å². The molecular formula is C18H16N2O2. The molecule has 2 aromatic carbocycles. The maximum atomic E-state index is 9.62. The molecule has 2 N–H and O–H groups in total. The van der Waals surface area contributed by atoms with E-state index in [1.807, 2.05) is 12.1 Å². The molecule has 0 fully saturated rings. The standard InChI is InChI=1S/C18H16N2O2/c1-3-11-8-14(22-2)9-16-17(11)15(10-19)18(20-16)12-4-6-13(21)7-5-12/h4-9,20-21H,3H2,1-2H3. The Kier molecular flexibility index (Phi) is 3.48. The highest BCUT2D eigenvalue weighted by Crippen LogP contribution is 2.35. The normalized spacial score (nSPS) is 10.6. The van der Waals surface area contributed by atoms with Gasteiger partial charge in [-0.15, -0.1) is 0 Å². The molecular weight excluding hydrogens is 276 g/mol. The van der Waals surface area contributed by atoms with Gasteiger partial charge in [-0.3, -0.25) is 0 Å². The Balaban J connectivity index is 2.32. The van der Waals surface area contributed by atoms with E-state index in [0.717, 1.165) is 39.9 Å². The van der Waals surface area contributed by atoms with Crippen molar-refractivity contribution in [2.45, 2.75) is 13.3 Å². The number of fused-ring (bicyclic) bond motifs is 1. The van der Waals surface area contributed by atoms with Crippen molar-refractivity contribution in [3.05, 3.63) is 47.5 Å². The lowest BCUT2D eigenvalue weighted by Gasteiger charge is -2.05. The zero-order valence-electron chi connectivity index (χ0n) is 12.5. The molecule has 0 aliphatic rings. The molecule has 4 heteroatoms. The van der Waals surface area contributed by atoms with Crippen molar-refractivity contribution < 1.29 is 9.84 Å². The zero-order chi connectivity index (χ0) is 15.7. The van der Waals surface area contributed by atoms with Crippen LogP contribution in [0.1, 0.15) is 18.1 Å². The number of nitrogens with one attached hydrogen (secondary N) is 1. The van der Waals surface area contributed by atoms with Crippen LogP contribution in [0.4, 0.5) is 0 Å². The van der Waals surface area contributed by atoms with Gasteiger partial charge in [0.2, 0.25) is 0 Å². The zero-order valence-corrected chi connectivity index (χ0v) is 12.5. The number of aromatic hydroxyl groups is 1. The second-order valence-corrected chi connectivity index (χ2v) is 5.10. The minimum absolute atomic E-state index is 0.203. The number of aryl methyl sites for hydroxylation is 1. The number of methoxy groups -OCH3 is 1. The molecule has 0 amide bonds. The number of hydrogen-bond donors (Lipinski definition) is 2. The molecule has 3 aromatic rings. The van der Waals surface area contributed by atoms with Crippen molar-refractivity contribution in [1.29, 1.82) is 5.26 Å². The Hall–Kier alpha value is -2.93. The molecule has 1 aromatic heterocycles. The van der Waals surface area contributed by atoms with E-state index in [0.29, 0.717) is 5.56 Å². The molecule has 0 aliphatic heterocycles. The largest absolute Gasteiger partial charge is 0.508 e. The molecule has 4 nitrogen and oxygen atoms in total. The Morgan fingerprint density at radius 3 is 2.55 bits per heavy atom. The van der Waals surface area contributed by atoms with E-state index in [-0.39, 0.29) is 5.75 Å². The quantitative estimate of drug-likeness (QED) is 0.767. The van der Waals surface area contributed by atoms with Gasteiger partial charge in [-0.2, -0.15) is 5.26 Å². The number of aromatic amines is 1. The Morgan fingerprint density at radius 1 is 1.23 bits per heavy atom. The number of nitriles is 1. The van der Waals surface area contributed by atoms with Crippen LogP contribution in [0.15, 0.2) is 36.4 Å². The van der Waals surface area contributed by atoms with Gasteiger partial charge in [-0.05, 0) is 47.9 Å². The monoisotopic (exact) mass is 292 g/mol. The Morgan fingerprint density at radius 2 is 1.95 bits per heavy atom. The van der Waals surface area contributed by atoms with Crippen LogP contribution < -0.4 is 4.74 Å². The average Bonchev–Trinajstić information content (AvgIpc) is 2.92. The number of aromatic nitrogens is 1. The highest BCUT2D eigenvalue weighted by Gasteiger charge is 2.16. The third-order valence-corrected chi connectivity index (χ3v) is 3.84. The van der Waals surface area contributed by atoms with Crippen LogP contribution in [0.5, 0.6) is 11.5 Å². The molecule has 1 heterocycles. The maximum Gasteiger partial charge on any atom is 0.121 e. The molecule has 0 bridgehead atoms. The van der Waals surface area contributed by atoms with E-state index >= 15 is 0 Å². The summed E-state index contributed by atoms with van der Waals surface area (Å²) in [6.45, 7) is 2.06. The summed E-state index contributed by atoms with van der Waals surface area (Å²) in [7, 11) is 1.63. The van der Waals surface area contributed by atoms with E-state index in [2.05, 4.69) is 18.0 Å². The van der Waals surface area contributed by atoms with Gasteiger partial charge in [-0.25, -0.2) is 0 Å². The average molecular weight is 292 g/mol. The van der Waals surface area contributed by atoms with E-state index in [1.54, 1.807) is 31.4 Å². The minimum atomic E-state index is 0.203. The molecule has 0 atom stereocenters. The summed E-state index contributed by atoms with van der Waals surface area (Å²) in [5.74, 6) is 0.974. The van der Waals surface area contributed by atoms with Crippen molar-refractivity contribution in [2.75, 3.05) is 7.11 Å². The highest BCUT2D eigenvalue weighted by atomic mass is 16.5. The first kappa shape index (κ1) is 14.0. The first-order valence-corrected chi connectivity index (χ1v) is 7.10. The summed E-state index contributed by atoms with van der Waals surface area (Å²) >= 11 is 0. The lowest BCUT2D eigenvalue weighted by Crippen LogP contribution is -1.88. The van der Waals surface area contributed by atoms with E-state index in [9.17, 15) is 10.4 Å². The predicted octanol–water partition coefficient (Wildman–Crippen LogP) is 3.98. The fraction of sp³-hybridized carbons (Fsp3) is 0.167. The first-order valence-electron chi connectivity index (χ1n) is 7.10. The van der Waals surface area contributed by atoms with Gasteiger partial charge in [0.25, 0.3) is 0 Å². The van der Waals surface area contributed by atoms with Crippen molar-refractivity contribution in [1.82, 2.24) is 4.98 Å². The number of H-pyrrole nitrogens is 1. The van der Waals surface area contributed by atoms with Gasteiger partial charge in [0.05, 0.1) is 23.9 Å². The summed E-state index contributed by atoms with van der Waals surface area (Å²) in [5.41, 5.74) is 4.22. The number of ether oxygens (including phenoxy) is 1. The summed E-state index contributed by atoms with van der Waals surface area (Å²) < 4.78 is 5.33. The molecule has 3 rings (SSSR count). The number of benzene rings is 2. The number of phenols is 1. The van der Waals surface area contributed by atoms with Gasteiger partial charge < -0.3 is 14.8 Å². The summed E-state index contributed by atoms with van der Waals surface area (Å²) in [4.78, 5) is 3.32. The van der Waals surface area contributed by atoms with Crippen molar-refractivity contribution in [2.24, 2.45) is 0 Å². The molecule has 0 radical (unpaired) electrons. The maximum absolute atomic E-state index is 9.62. The third kappa shape index (κ3) is 2.17. The lowest BCUT2D eigenvalue weighted by atomic mass is 10.0. The van der Waals surface area contributed by atoms with Crippen LogP contribution in [0.25, 0.3) is 22.2 Å². The predicted molar refractivity (Wildman–Crippen MR) is 86.0 cm³/mol. The SMILES string of the molecule is CCc1cc(OC)cc2[nH]c(-c3ccc(O)cc3)c(C#N)c12. The van der Waals surface area contributed by atoms with E-state index in [1.165, 1.54) is 0 Å². The number of hydrogen-bond acceptors (Lipinski definition) is 3. The molecule has 0 unspecified atom stereocenters. The minimum Gasteiger partial charge on any atom is -0.508 e.